The molecule has 0 unspecified atom stereocenters. The third-order valence-electron chi connectivity index (χ3n) is 5.77. The van der Waals surface area contributed by atoms with Gasteiger partial charge in [-0.1, -0.05) is 6.42 Å². The maximum Gasteiger partial charge on any atom is 0.416 e. The number of aliphatic hydroxyl groups excluding tert-OH is 1. The van der Waals surface area contributed by atoms with Gasteiger partial charge in [-0.15, -0.1) is 10.2 Å². The highest BCUT2D eigenvalue weighted by molar-refractivity contribution is 5.73. The van der Waals surface area contributed by atoms with Crippen molar-refractivity contribution in [3.05, 3.63) is 34.9 Å². The summed E-state index contributed by atoms with van der Waals surface area (Å²) in [7, 11) is 0. The van der Waals surface area contributed by atoms with E-state index in [1.807, 2.05) is 0 Å². The Balaban J connectivity index is 1.73. The maximum atomic E-state index is 13.0. The summed E-state index contributed by atoms with van der Waals surface area (Å²) in [6, 6.07) is 2.73. The molecule has 0 radical (unpaired) electrons. The van der Waals surface area contributed by atoms with E-state index >= 15 is 0 Å². The molecule has 1 aliphatic carbocycles. The summed E-state index contributed by atoms with van der Waals surface area (Å²) < 4.78 is 44.2. The number of hydrogen-bond donors (Lipinski definition) is 3. The average Bonchev–Trinajstić information content (AvgIpc) is 2.96. The van der Waals surface area contributed by atoms with Crippen LogP contribution in [0.5, 0.6) is 5.75 Å². The number of rotatable bonds is 3. The number of anilines is 1. The van der Waals surface area contributed by atoms with E-state index in [2.05, 4.69) is 15.5 Å². The van der Waals surface area contributed by atoms with Crippen LogP contribution in [0, 0.1) is 0 Å². The number of alkyl halides is 3. The summed E-state index contributed by atoms with van der Waals surface area (Å²) in [5.41, 5.74) is 1.59. The van der Waals surface area contributed by atoms with Crippen LogP contribution >= 0.6 is 0 Å². The number of benzene rings is 1. The van der Waals surface area contributed by atoms with Crippen molar-refractivity contribution in [2.75, 3.05) is 18.5 Å². The Kier molecular flexibility index (Phi) is 5.84. The van der Waals surface area contributed by atoms with Crippen LogP contribution < -0.4 is 5.32 Å². The second-order valence-electron chi connectivity index (χ2n) is 7.83. The fourth-order valence-electron chi connectivity index (χ4n) is 4.13. The van der Waals surface area contributed by atoms with Gasteiger partial charge in [-0.3, -0.25) is 0 Å². The molecule has 2 heterocycles. The zero-order chi connectivity index (χ0) is 21.3. The molecule has 30 heavy (non-hydrogen) atoms. The van der Waals surface area contributed by atoms with E-state index in [0.717, 1.165) is 48.9 Å². The monoisotopic (exact) mass is 423 g/mol. The molecule has 0 amide bonds. The van der Waals surface area contributed by atoms with Gasteiger partial charge in [-0.2, -0.15) is 13.2 Å². The van der Waals surface area contributed by atoms with Crippen LogP contribution in [0.3, 0.4) is 0 Å². The number of aromatic nitrogens is 2. The van der Waals surface area contributed by atoms with Crippen molar-refractivity contribution in [1.29, 1.82) is 0 Å². The molecule has 0 bridgehead atoms. The van der Waals surface area contributed by atoms with E-state index in [0.29, 0.717) is 31.0 Å². The summed E-state index contributed by atoms with van der Waals surface area (Å²) >= 11 is 0. The van der Waals surface area contributed by atoms with Crippen molar-refractivity contribution in [1.82, 2.24) is 10.2 Å². The van der Waals surface area contributed by atoms with Gasteiger partial charge in [0.2, 0.25) is 0 Å². The van der Waals surface area contributed by atoms with Crippen molar-refractivity contribution in [2.24, 2.45) is 0 Å². The zero-order valence-corrected chi connectivity index (χ0v) is 16.4. The van der Waals surface area contributed by atoms with Crippen LogP contribution in [0.15, 0.2) is 18.2 Å². The Bertz CT molecular complexity index is 920. The molecule has 0 spiro atoms. The van der Waals surface area contributed by atoms with Gasteiger partial charge < -0.3 is 20.3 Å². The molecule has 4 rings (SSSR count). The molecule has 1 aromatic heterocycles. The fourth-order valence-corrected chi connectivity index (χ4v) is 4.13. The summed E-state index contributed by atoms with van der Waals surface area (Å²) in [5, 5.41) is 32.4. The molecule has 6 nitrogen and oxygen atoms in total. The van der Waals surface area contributed by atoms with Gasteiger partial charge in [0.25, 0.3) is 0 Å². The Labute approximate surface area is 172 Å². The zero-order valence-electron chi connectivity index (χ0n) is 16.4. The lowest BCUT2D eigenvalue weighted by molar-refractivity contribution is -0.137. The standard InChI is InChI=1S/C21H24F3N3O3/c22-21(23,24)12-6-7-15(17(28)10-12)19-13-4-2-1-3-5-14(13)20(27-26-19)25-16-8-9-30-11-18(16)29/h6-7,10,16,18,28-29H,1-5,8-9,11H2,(H,25,27)/t16-,18-/m1/s1. The van der Waals surface area contributed by atoms with Crippen LogP contribution in [0.1, 0.15) is 42.4 Å². The lowest BCUT2D eigenvalue weighted by atomic mass is 9.96. The lowest BCUT2D eigenvalue weighted by Crippen LogP contribution is -2.42. The first kappa shape index (κ1) is 20.9. The molecule has 1 aliphatic heterocycles. The quantitative estimate of drug-likeness (QED) is 0.653. The van der Waals surface area contributed by atoms with Crippen molar-refractivity contribution >= 4 is 5.82 Å². The Morgan fingerprint density at radius 3 is 2.53 bits per heavy atom. The van der Waals surface area contributed by atoms with Crippen LogP contribution in [0.25, 0.3) is 11.3 Å². The first-order valence-electron chi connectivity index (χ1n) is 10.2. The van der Waals surface area contributed by atoms with E-state index in [4.69, 9.17) is 4.74 Å². The van der Waals surface area contributed by atoms with E-state index in [1.54, 1.807) is 0 Å². The molecular weight excluding hydrogens is 399 g/mol. The molecule has 3 N–H and O–H groups in total. The number of nitrogens with zero attached hydrogens (tertiary/aromatic N) is 2. The minimum Gasteiger partial charge on any atom is -0.507 e. The summed E-state index contributed by atoms with van der Waals surface area (Å²) in [5.74, 6) is 0.124. The van der Waals surface area contributed by atoms with Gasteiger partial charge in [0.1, 0.15) is 11.4 Å². The SMILES string of the molecule is Oc1cc(C(F)(F)F)ccc1-c1nnc(N[C@@H]2CCOC[C@H]2O)c2c1CCCCC2. The van der Waals surface area contributed by atoms with Gasteiger partial charge in [0.15, 0.2) is 5.82 Å². The topological polar surface area (TPSA) is 87.5 Å². The molecule has 2 aromatic rings. The second-order valence-corrected chi connectivity index (χ2v) is 7.83. The Hall–Kier alpha value is -2.39. The number of nitrogens with one attached hydrogen (secondary N) is 1. The molecule has 2 aliphatic rings. The van der Waals surface area contributed by atoms with Gasteiger partial charge in [0.05, 0.1) is 24.3 Å². The fraction of sp³-hybridized carbons (Fsp3) is 0.524. The third kappa shape index (κ3) is 4.22. The van der Waals surface area contributed by atoms with Crippen molar-refractivity contribution in [3.63, 3.8) is 0 Å². The number of halogens is 3. The molecule has 0 saturated carbocycles. The number of fused-ring (bicyclic) bond motifs is 1. The first-order chi connectivity index (χ1) is 14.3. The van der Waals surface area contributed by atoms with Crippen LogP contribution in [0.2, 0.25) is 0 Å². The third-order valence-corrected chi connectivity index (χ3v) is 5.77. The minimum absolute atomic E-state index is 0.203. The van der Waals surface area contributed by atoms with E-state index < -0.39 is 23.6 Å². The number of ether oxygens (including phenoxy) is 1. The highest BCUT2D eigenvalue weighted by atomic mass is 19.4. The van der Waals surface area contributed by atoms with E-state index in [1.165, 1.54) is 6.07 Å². The number of phenolic OH excluding ortho intramolecular Hbond substituents is 1. The molecule has 1 saturated heterocycles. The molecule has 1 fully saturated rings. The van der Waals surface area contributed by atoms with Crippen LogP contribution in [0.4, 0.5) is 19.0 Å². The highest BCUT2D eigenvalue weighted by Crippen LogP contribution is 2.39. The van der Waals surface area contributed by atoms with Crippen molar-refractivity contribution < 1.29 is 28.1 Å². The van der Waals surface area contributed by atoms with E-state index in [-0.39, 0.29) is 18.2 Å². The largest absolute Gasteiger partial charge is 0.507 e. The van der Waals surface area contributed by atoms with Gasteiger partial charge in [-0.05, 0) is 55.9 Å². The smallest absolute Gasteiger partial charge is 0.416 e. The van der Waals surface area contributed by atoms with Crippen molar-refractivity contribution in [2.45, 2.75) is 56.8 Å². The van der Waals surface area contributed by atoms with Crippen LogP contribution in [-0.2, 0) is 23.8 Å². The van der Waals surface area contributed by atoms with Gasteiger partial charge >= 0.3 is 6.18 Å². The number of hydrogen-bond acceptors (Lipinski definition) is 6. The van der Waals surface area contributed by atoms with Gasteiger partial charge in [-0.25, -0.2) is 0 Å². The van der Waals surface area contributed by atoms with Gasteiger partial charge in [0, 0.05) is 17.7 Å². The molecule has 162 valence electrons. The highest BCUT2D eigenvalue weighted by Gasteiger charge is 2.32. The molecule has 2 atom stereocenters. The molecule has 1 aromatic carbocycles. The van der Waals surface area contributed by atoms with E-state index in [9.17, 15) is 23.4 Å². The Morgan fingerprint density at radius 2 is 1.83 bits per heavy atom. The normalized spacial score (nSPS) is 22.3. The number of phenols is 1. The predicted molar refractivity (Wildman–Crippen MR) is 104 cm³/mol. The number of aliphatic hydroxyl groups is 1. The Morgan fingerprint density at radius 1 is 1.07 bits per heavy atom. The average molecular weight is 423 g/mol. The first-order valence-corrected chi connectivity index (χ1v) is 10.2. The molecule has 9 heteroatoms. The predicted octanol–water partition coefficient (Wildman–Crippen LogP) is 3.70. The summed E-state index contributed by atoms with van der Waals surface area (Å²) in [6.07, 6.45) is -0.190. The summed E-state index contributed by atoms with van der Waals surface area (Å²) in [4.78, 5) is 0. The maximum absolute atomic E-state index is 13.0. The summed E-state index contributed by atoms with van der Waals surface area (Å²) in [6.45, 7) is 0.798. The molecular formula is C21H24F3N3O3. The van der Waals surface area contributed by atoms with Crippen LogP contribution in [-0.4, -0.2) is 45.8 Å². The lowest BCUT2D eigenvalue weighted by Gasteiger charge is -2.29. The van der Waals surface area contributed by atoms with Crippen molar-refractivity contribution in [3.8, 4) is 17.0 Å². The number of aromatic hydroxyl groups is 1. The second kappa shape index (κ2) is 8.39. The minimum atomic E-state index is -4.53.